The molecule has 0 spiro atoms. The molecule has 6 nitrogen and oxygen atoms in total. The van der Waals surface area contributed by atoms with Crippen LogP contribution in [0.1, 0.15) is 32.3 Å². The number of ether oxygens (including phenoxy) is 1. The molecule has 2 aromatic carbocycles. The van der Waals surface area contributed by atoms with Gasteiger partial charge in [-0.2, -0.15) is 0 Å². The van der Waals surface area contributed by atoms with E-state index >= 15 is 0 Å². The molecule has 32 heavy (non-hydrogen) atoms. The molecular formula is C25H27N3O3S. The first kappa shape index (κ1) is 21.2. The van der Waals surface area contributed by atoms with E-state index in [4.69, 9.17) is 9.72 Å². The van der Waals surface area contributed by atoms with Gasteiger partial charge in [0.2, 0.25) is 5.91 Å². The van der Waals surface area contributed by atoms with E-state index in [2.05, 4.69) is 13.0 Å². The van der Waals surface area contributed by atoms with Gasteiger partial charge in [0.15, 0.2) is 5.16 Å². The minimum Gasteiger partial charge on any atom is -0.376 e. The summed E-state index contributed by atoms with van der Waals surface area (Å²) in [5, 5.41) is 0.786. The summed E-state index contributed by atoms with van der Waals surface area (Å²) in [6.07, 6.45) is 2.80. The molecular weight excluding hydrogens is 422 g/mol. The minimum atomic E-state index is -0.382. The predicted octanol–water partition coefficient (Wildman–Crippen LogP) is 4.03. The summed E-state index contributed by atoms with van der Waals surface area (Å²) in [7, 11) is 0. The molecule has 0 aliphatic carbocycles. The van der Waals surface area contributed by atoms with Crippen molar-refractivity contribution in [1.29, 1.82) is 0 Å². The van der Waals surface area contributed by atoms with Crippen molar-refractivity contribution in [2.24, 2.45) is 0 Å². The van der Waals surface area contributed by atoms with E-state index < -0.39 is 0 Å². The highest BCUT2D eigenvalue weighted by molar-refractivity contribution is 8.00. The Morgan fingerprint density at radius 3 is 2.81 bits per heavy atom. The van der Waals surface area contributed by atoms with Gasteiger partial charge in [-0.1, -0.05) is 42.1 Å². The van der Waals surface area contributed by atoms with Crippen LogP contribution in [-0.4, -0.2) is 39.5 Å². The van der Waals surface area contributed by atoms with E-state index in [-0.39, 0.29) is 28.9 Å². The Kier molecular flexibility index (Phi) is 5.78. The maximum atomic E-state index is 13.5. The third kappa shape index (κ3) is 3.84. The maximum Gasteiger partial charge on any atom is 0.262 e. The summed E-state index contributed by atoms with van der Waals surface area (Å²) in [5.41, 5.74) is 2.77. The lowest BCUT2D eigenvalue weighted by Crippen LogP contribution is -2.40. The Balaban J connectivity index is 1.47. The molecule has 0 unspecified atom stereocenters. The number of thioether (sulfide) groups is 1. The number of nitrogens with zero attached hydrogens (tertiary/aromatic N) is 3. The van der Waals surface area contributed by atoms with Gasteiger partial charge in [0, 0.05) is 18.3 Å². The van der Waals surface area contributed by atoms with Gasteiger partial charge in [0.05, 0.1) is 28.8 Å². The molecule has 2 aliphatic heterocycles. The molecule has 0 saturated carbocycles. The zero-order chi connectivity index (χ0) is 22.2. The molecule has 3 heterocycles. The number of rotatable bonds is 5. The van der Waals surface area contributed by atoms with Crippen LogP contribution in [0.4, 0.5) is 5.69 Å². The van der Waals surface area contributed by atoms with Crippen LogP contribution >= 0.6 is 11.8 Å². The number of hydrogen-bond acceptors (Lipinski definition) is 5. The molecule has 3 aromatic rings. The topological polar surface area (TPSA) is 64.4 Å². The fourth-order valence-electron chi connectivity index (χ4n) is 4.70. The van der Waals surface area contributed by atoms with Crippen molar-refractivity contribution >= 4 is 34.3 Å². The third-order valence-electron chi connectivity index (χ3n) is 6.31. The molecule has 166 valence electrons. The number of amides is 1. The van der Waals surface area contributed by atoms with Crippen LogP contribution in [0, 0.1) is 0 Å². The van der Waals surface area contributed by atoms with Crippen LogP contribution < -0.4 is 10.5 Å². The van der Waals surface area contributed by atoms with Gasteiger partial charge in [-0.15, -0.1) is 0 Å². The van der Waals surface area contributed by atoms with Crippen molar-refractivity contribution in [3.8, 4) is 0 Å². The number of carbonyl (C=O) groups is 1. The monoisotopic (exact) mass is 449 g/mol. The average molecular weight is 450 g/mol. The van der Waals surface area contributed by atoms with Crippen LogP contribution in [0.3, 0.4) is 0 Å². The lowest BCUT2D eigenvalue weighted by molar-refractivity contribution is -0.118. The normalized spacial score (nSPS) is 21.1. The summed E-state index contributed by atoms with van der Waals surface area (Å²) in [4.78, 5) is 33.5. The van der Waals surface area contributed by atoms with Crippen molar-refractivity contribution in [1.82, 2.24) is 9.55 Å². The van der Waals surface area contributed by atoms with Gasteiger partial charge in [0.25, 0.3) is 5.56 Å². The maximum absolute atomic E-state index is 13.5. The number of carbonyl (C=O) groups excluding carboxylic acids is 1. The first-order valence-electron chi connectivity index (χ1n) is 11.2. The minimum absolute atomic E-state index is 0.00602. The third-order valence-corrected chi connectivity index (χ3v) is 7.39. The Morgan fingerprint density at radius 1 is 1.22 bits per heavy atom. The quantitative estimate of drug-likeness (QED) is 0.435. The summed E-state index contributed by atoms with van der Waals surface area (Å²) in [5.74, 6) is 0.0403. The van der Waals surface area contributed by atoms with Crippen LogP contribution in [0.5, 0.6) is 0 Å². The Labute approximate surface area is 191 Å². The van der Waals surface area contributed by atoms with E-state index in [1.807, 2.05) is 54.3 Å². The van der Waals surface area contributed by atoms with Crippen molar-refractivity contribution in [2.45, 2.75) is 62.2 Å². The first-order valence-corrected chi connectivity index (χ1v) is 12.1. The molecule has 0 bridgehead atoms. The molecule has 1 aromatic heterocycles. The van der Waals surface area contributed by atoms with E-state index in [1.54, 1.807) is 4.57 Å². The highest BCUT2D eigenvalue weighted by Gasteiger charge is 2.34. The Hall–Kier alpha value is -2.64. The smallest absolute Gasteiger partial charge is 0.262 e. The SMILES string of the molecule is C[C@H](Sc1nc2ccccc2c(=O)n1C[C@@H]1CCCO1)C(=O)N1c2ccccc2C[C@H]1C. The van der Waals surface area contributed by atoms with Gasteiger partial charge in [0.1, 0.15) is 0 Å². The Morgan fingerprint density at radius 2 is 2.00 bits per heavy atom. The van der Waals surface area contributed by atoms with E-state index in [0.29, 0.717) is 22.6 Å². The van der Waals surface area contributed by atoms with Gasteiger partial charge >= 0.3 is 0 Å². The number of aromatic nitrogens is 2. The first-order chi connectivity index (χ1) is 15.5. The predicted molar refractivity (Wildman–Crippen MR) is 127 cm³/mol. The highest BCUT2D eigenvalue weighted by atomic mass is 32.2. The fraction of sp³-hybridized carbons (Fsp3) is 0.400. The van der Waals surface area contributed by atoms with E-state index in [0.717, 1.165) is 31.6 Å². The van der Waals surface area contributed by atoms with Gasteiger partial charge in [-0.25, -0.2) is 4.98 Å². The number of hydrogen-bond donors (Lipinski definition) is 0. The second-order valence-electron chi connectivity index (χ2n) is 8.61. The van der Waals surface area contributed by atoms with Crippen LogP contribution in [0.2, 0.25) is 0 Å². The fourth-order valence-corrected chi connectivity index (χ4v) is 5.66. The van der Waals surface area contributed by atoms with Crippen molar-refractivity contribution < 1.29 is 9.53 Å². The van der Waals surface area contributed by atoms with Crippen LogP contribution in [-0.2, 0) is 22.5 Å². The van der Waals surface area contributed by atoms with Crippen LogP contribution in [0.15, 0.2) is 58.5 Å². The van der Waals surface area contributed by atoms with Crippen molar-refractivity contribution in [3.05, 3.63) is 64.4 Å². The summed E-state index contributed by atoms with van der Waals surface area (Å²) >= 11 is 1.36. The Bertz CT molecular complexity index is 1220. The molecule has 1 saturated heterocycles. The second-order valence-corrected chi connectivity index (χ2v) is 9.92. The number of benzene rings is 2. The van der Waals surface area contributed by atoms with Gasteiger partial charge in [-0.05, 0) is 56.9 Å². The van der Waals surface area contributed by atoms with Gasteiger partial charge in [-0.3, -0.25) is 14.2 Å². The number of anilines is 1. The van der Waals surface area contributed by atoms with Crippen molar-refractivity contribution in [3.63, 3.8) is 0 Å². The highest BCUT2D eigenvalue weighted by Crippen LogP contribution is 2.34. The zero-order valence-electron chi connectivity index (χ0n) is 18.4. The molecule has 0 N–H and O–H groups in total. The second kappa shape index (κ2) is 8.71. The van der Waals surface area contributed by atoms with Crippen molar-refractivity contribution in [2.75, 3.05) is 11.5 Å². The van der Waals surface area contributed by atoms with Crippen LogP contribution in [0.25, 0.3) is 10.9 Å². The molecule has 2 aliphatic rings. The largest absolute Gasteiger partial charge is 0.376 e. The molecule has 0 radical (unpaired) electrons. The van der Waals surface area contributed by atoms with Gasteiger partial charge < -0.3 is 9.64 Å². The molecule has 3 atom stereocenters. The molecule has 7 heteroatoms. The number of para-hydroxylation sites is 2. The van der Waals surface area contributed by atoms with E-state index in [9.17, 15) is 9.59 Å². The number of fused-ring (bicyclic) bond motifs is 2. The molecule has 5 rings (SSSR count). The zero-order valence-corrected chi connectivity index (χ0v) is 19.2. The summed E-state index contributed by atoms with van der Waals surface area (Å²) < 4.78 is 7.50. The average Bonchev–Trinajstić information content (AvgIpc) is 3.42. The van der Waals surface area contributed by atoms with E-state index in [1.165, 1.54) is 17.3 Å². The standard InChI is InChI=1S/C25H27N3O3S/c1-16-14-18-8-3-6-12-22(18)28(16)23(29)17(2)32-25-26-21-11-5-4-10-20(21)24(30)27(25)15-19-9-7-13-31-19/h3-6,8,10-12,16-17,19H,7,9,13-15H2,1-2H3/t16-,17+,19+/m1/s1. The molecule has 1 amide bonds. The molecule has 1 fully saturated rings. The summed E-state index contributed by atoms with van der Waals surface area (Å²) in [6.45, 7) is 5.17. The lowest BCUT2D eigenvalue weighted by atomic mass is 10.1. The lowest BCUT2D eigenvalue weighted by Gasteiger charge is -2.26. The summed E-state index contributed by atoms with van der Waals surface area (Å²) in [6, 6.07) is 15.6.